The van der Waals surface area contributed by atoms with Crippen molar-refractivity contribution >= 4 is 11.8 Å². The van der Waals surface area contributed by atoms with Crippen molar-refractivity contribution in [2.45, 2.75) is 59.4 Å². The van der Waals surface area contributed by atoms with Gasteiger partial charge in [-0.15, -0.1) is 0 Å². The van der Waals surface area contributed by atoms with Gasteiger partial charge in [-0.3, -0.25) is 9.59 Å². The zero-order valence-electron chi connectivity index (χ0n) is 19.9. The SMILES string of the molecule is Cc1ccccc1-c1cccc(CC2(C(=O)NC(C)C)CCN(C(=O)C3CC3C)CC2)c1. The Morgan fingerprint density at radius 2 is 1.78 bits per heavy atom. The first-order valence-electron chi connectivity index (χ1n) is 12.0. The van der Waals surface area contributed by atoms with Crippen LogP contribution in [0.4, 0.5) is 0 Å². The average molecular weight is 433 g/mol. The number of aryl methyl sites for hydroxylation is 1. The van der Waals surface area contributed by atoms with Crippen LogP contribution in [0.3, 0.4) is 0 Å². The first-order chi connectivity index (χ1) is 15.3. The van der Waals surface area contributed by atoms with Gasteiger partial charge in [0.15, 0.2) is 0 Å². The fourth-order valence-electron chi connectivity index (χ4n) is 5.09. The number of benzene rings is 2. The highest BCUT2D eigenvalue weighted by Crippen LogP contribution is 2.42. The van der Waals surface area contributed by atoms with Crippen LogP contribution in [-0.4, -0.2) is 35.8 Å². The Kier molecular flexibility index (Phi) is 6.41. The van der Waals surface area contributed by atoms with E-state index in [2.05, 4.69) is 67.7 Å². The molecule has 2 amide bonds. The Bertz CT molecular complexity index is 988. The Morgan fingerprint density at radius 1 is 1.09 bits per heavy atom. The molecule has 2 aromatic rings. The number of hydrogen-bond donors (Lipinski definition) is 1. The second kappa shape index (κ2) is 9.09. The summed E-state index contributed by atoms with van der Waals surface area (Å²) < 4.78 is 0. The maximum absolute atomic E-state index is 13.4. The average Bonchev–Trinajstić information content (AvgIpc) is 3.50. The van der Waals surface area contributed by atoms with Gasteiger partial charge in [0.2, 0.25) is 11.8 Å². The summed E-state index contributed by atoms with van der Waals surface area (Å²) in [5.74, 6) is 1.14. The quantitative estimate of drug-likeness (QED) is 0.699. The molecule has 170 valence electrons. The molecule has 1 heterocycles. The lowest BCUT2D eigenvalue weighted by molar-refractivity contribution is -0.141. The zero-order valence-corrected chi connectivity index (χ0v) is 19.9. The molecule has 1 N–H and O–H groups in total. The number of rotatable bonds is 6. The third-order valence-electron chi connectivity index (χ3n) is 7.29. The van der Waals surface area contributed by atoms with Gasteiger partial charge in [0.25, 0.3) is 0 Å². The summed E-state index contributed by atoms with van der Waals surface area (Å²) in [6.07, 6.45) is 3.15. The van der Waals surface area contributed by atoms with Gasteiger partial charge in [0, 0.05) is 25.0 Å². The molecule has 0 bridgehead atoms. The van der Waals surface area contributed by atoms with Gasteiger partial charge in [0.05, 0.1) is 5.41 Å². The van der Waals surface area contributed by atoms with Crippen molar-refractivity contribution in [3.8, 4) is 11.1 Å². The molecule has 2 fully saturated rings. The maximum Gasteiger partial charge on any atom is 0.226 e. The van der Waals surface area contributed by atoms with Crippen molar-refractivity contribution in [3.63, 3.8) is 0 Å². The molecule has 0 radical (unpaired) electrons. The van der Waals surface area contributed by atoms with Crippen LogP contribution >= 0.6 is 0 Å². The third-order valence-corrected chi connectivity index (χ3v) is 7.29. The van der Waals surface area contributed by atoms with Crippen LogP contribution in [-0.2, 0) is 16.0 Å². The fraction of sp³-hybridized carbons (Fsp3) is 0.500. The molecule has 2 unspecified atom stereocenters. The highest BCUT2D eigenvalue weighted by Gasteiger charge is 2.46. The summed E-state index contributed by atoms with van der Waals surface area (Å²) in [5.41, 5.74) is 4.38. The third kappa shape index (κ3) is 4.74. The smallest absolute Gasteiger partial charge is 0.226 e. The largest absolute Gasteiger partial charge is 0.353 e. The first kappa shape index (κ1) is 22.6. The maximum atomic E-state index is 13.4. The number of carbonyl (C=O) groups is 2. The van der Waals surface area contributed by atoms with Gasteiger partial charge < -0.3 is 10.2 Å². The molecular weight excluding hydrogens is 396 g/mol. The van der Waals surface area contributed by atoms with Gasteiger partial charge in [0.1, 0.15) is 0 Å². The number of carbonyl (C=O) groups excluding carboxylic acids is 2. The lowest BCUT2D eigenvalue weighted by Gasteiger charge is -2.41. The molecule has 4 nitrogen and oxygen atoms in total. The van der Waals surface area contributed by atoms with E-state index in [1.807, 2.05) is 18.7 Å². The van der Waals surface area contributed by atoms with E-state index in [0.717, 1.165) is 6.42 Å². The Balaban J connectivity index is 1.56. The molecule has 4 rings (SSSR count). The van der Waals surface area contributed by atoms with E-state index < -0.39 is 5.41 Å². The summed E-state index contributed by atoms with van der Waals surface area (Å²) in [7, 11) is 0. The van der Waals surface area contributed by atoms with E-state index in [4.69, 9.17) is 0 Å². The van der Waals surface area contributed by atoms with E-state index in [-0.39, 0.29) is 23.8 Å². The standard InChI is InChI=1S/C28H36N2O2/c1-19(2)29-27(32)28(12-14-30(15-13-28)26(31)25-16-21(25)4)18-22-9-7-10-23(17-22)24-11-6-5-8-20(24)3/h5-11,17,19,21,25H,12-16,18H2,1-4H3,(H,29,32). The normalized spacial score (nSPS) is 22.0. The lowest BCUT2D eigenvalue weighted by Crippen LogP contribution is -2.52. The van der Waals surface area contributed by atoms with Gasteiger partial charge in [-0.1, -0.05) is 55.5 Å². The van der Waals surface area contributed by atoms with Crippen molar-refractivity contribution in [1.82, 2.24) is 10.2 Å². The highest BCUT2D eigenvalue weighted by molar-refractivity contribution is 5.85. The number of amides is 2. The number of nitrogens with one attached hydrogen (secondary N) is 1. The summed E-state index contributed by atoms with van der Waals surface area (Å²) >= 11 is 0. The minimum Gasteiger partial charge on any atom is -0.353 e. The van der Waals surface area contributed by atoms with Crippen LogP contribution < -0.4 is 5.32 Å². The minimum atomic E-state index is -0.472. The van der Waals surface area contributed by atoms with Crippen LogP contribution in [0.5, 0.6) is 0 Å². The molecule has 1 saturated heterocycles. The molecule has 32 heavy (non-hydrogen) atoms. The van der Waals surface area contributed by atoms with Crippen LogP contribution in [0, 0.1) is 24.2 Å². The van der Waals surface area contributed by atoms with Crippen LogP contribution in [0.25, 0.3) is 11.1 Å². The molecule has 0 aromatic heterocycles. The van der Waals surface area contributed by atoms with E-state index in [1.54, 1.807) is 0 Å². The molecule has 1 aliphatic carbocycles. The molecule has 2 aliphatic rings. The van der Waals surface area contributed by atoms with Crippen LogP contribution in [0.2, 0.25) is 0 Å². The molecule has 1 saturated carbocycles. The van der Waals surface area contributed by atoms with E-state index in [9.17, 15) is 9.59 Å². The summed E-state index contributed by atoms with van der Waals surface area (Å²) in [4.78, 5) is 28.1. The zero-order chi connectivity index (χ0) is 22.9. The van der Waals surface area contributed by atoms with Crippen molar-refractivity contribution in [3.05, 3.63) is 59.7 Å². The summed E-state index contributed by atoms with van der Waals surface area (Å²) in [6, 6.07) is 17.1. The highest BCUT2D eigenvalue weighted by atomic mass is 16.2. The number of piperidine rings is 1. The number of likely N-dealkylation sites (tertiary alicyclic amines) is 1. The topological polar surface area (TPSA) is 49.4 Å². The molecule has 2 aromatic carbocycles. The van der Waals surface area contributed by atoms with Crippen molar-refractivity contribution < 1.29 is 9.59 Å². The van der Waals surface area contributed by atoms with Crippen molar-refractivity contribution in [1.29, 1.82) is 0 Å². The lowest BCUT2D eigenvalue weighted by atomic mass is 9.72. The molecule has 1 aliphatic heterocycles. The summed E-state index contributed by atoms with van der Waals surface area (Å²) in [5, 5.41) is 3.17. The molecule has 2 atom stereocenters. The second-order valence-electron chi connectivity index (χ2n) is 10.2. The molecule has 4 heteroatoms. The predicted octanol–water partition coefficient (Wildman–Crippen LogP) is 4.99. The Labute approximate surface area is 192 Å². The van der Waals surface area contributed by atoms with Crippen molar-refractivity contribution in [2.75, 3.05) is 13.1 Å². The number of nitrogens with zero attached hydrogens (tertiary/aromatic N) is 1. The van der Waals surface area contributed by atoms with Crippen LogP contribution in [0.1, 0.15) is 51.2 Å². The first-order valence-corrected chi connectivity index (χ1v) is 12.0. The van der Waals surface area contributed by atoms with Gasteiger partial charge in [-0.05, 0) is 74.6 Å². The monoisotopic (exact) mass is 432 g/mol. The summed E-state index contributed by atoms with van der Waals surface area (Å²) in [6.45, 7) is 9.65. The van der Waals surface area contributed by atoms with E-state index in [1.165, 1.54) is 22.3 Å². The fourth-order valence-corrected chi connectivity index (χ4v) is 5.09. The predicted molar refractivity (Wildman–Crippen MR) is 129 cm³/mol. The number of hydrogen-bond acceptors (Lipinski definition) is 2. The Hall–Kier alpha value is -2.62. The van der Waals surface area contributed by atoms with Crippen molar-refractivity contribution in [2.24, 2.45) is 17.3 Å². The van der Waals surface area contributed by atoms with E-state index in [0.29, 0.717) is 38.3 Å². The van der Waals surface area contributed by atoms with Crippen LogP contribution in [0.15, 0.2) is 48.5 Å². The van der Waals surface area contributed by atoms with Gasteiger partial charge in [-0.2, -0.15) is 0 Å². The minimum absolute atomic E-state index is 0.102. The Morgan fingerprint density at radius 3 is 2.41 bits per heavy atom. The van der Waals surface area contributed by atoms with E-state index >= 15 is 0 Å². The van der Waals surface area contributed by atoms with Gasteiger partial charge >= 0.3 is 0 Å². The van der Waals surface area contributed by atoms with Gasteiger partial charge in [-0.25, -0.2) is 0 Å². The second-order valence-corrected chi connectivity index (χ2v) is 10.2. The molecule has 0 spiro atoms. The molecular formula is C28H36N2O2.